The highest BCUT2D eigenvalue weighted by atomic mass is 16.6. The minimum Gasteiger partial charge on any atom is -0.489 e. The van der Waals surface area contributed by atoms with Crippen molar-refractivity contribution in [3.05, 3.63) is 71.5 Å². The summed E-state index contributed by atoms with van der Waals surface area (Å²) in [4.78, 5) is 21.2. The van der Waals surface area contributed by atoms with Crippen molar-refractivity contribution in [3.8, 4) is 17.0 Å². The average molecular weight is 352 g/mol. The third-order valence-corrected chi connectivity index (χ3v) is 3.59. The van der Waals surface area contributed by atoms with E-state index in [1.165, 1.54) is 0 Å². The van der Waals surface area contributed by atoms with Crippen molar-refractivity contribution in [3.63, 3.8) is 0 Å². The Kier molecular flexibility index (Phi) is 5.28. The van der Waals surface area contributed by atoms with Gasteiger partial charge in [-0.05, 0) is 29.8 Å². The van der Waals surface area contributed by atoms with Gasteiger partial charge in [0.1, 0.15) is 24.3 Å². The number of primary amides is 1. The molecule has 132 valence electrons. The monoisotopic (exact) mass is 352 g/mol. The first-order chi connectivity index (χ1) is 12.6. The Hall–Kier alpha value is -3.61. The number of hydrogen-bond donors (Lipinski definition) is 1. The number of ether oxygens (including phenoxy) is 2. The molecule has 0 bridgehead atoms. The standard InChI is InChI=1S/C19H16N2O5/c20-19(23)25-12-17-9-18(21-26-17)15-5-7-16(8-6-15)24-11-14-3-1-13(10-22)2-4-14/h1-10H,11-12H2,(H2,20,23). The molecule has 0 fully saturated rings. The van der Waals surface area contributed by atoms with Crippen LogP contribution in [0.15, 0.2) is 59.1 Å². The summed E-state index contributed by atoms with van der Waals surface area (Å²) >= 11 is 0. The van der Waals surface area contributed by atoms with Crippen LogP contribution in [0, 0.1) is 0 Å². The summed E-state index contributed by atoms with van der Waals surface area (Å²) in [7, 11) is 0. The van der Waals surface area contributed by atoms with Crippen LogP contribution in [0.4, 0.5) is 4.79 Å². The van der Waals surface area contributed by atoms with E-state index in [0.29, 0.717) is 29.4 Å². The van der Waals surface area contributed by atoms with Gasteiger partial charge in [0.15, 0.2) is 12.4 Å². The van der Waals surface area contributed by atoms with E-state index in [4.69, 9.17) is 15.0 Å². The van der Waals surface area contributed by atoms with Crippen LogP contribution in [0.1, 0.15) is 21.7 Å². The number of carbonyl (C=O) groups is 2. The third kappa shape index (κ3) is 4.47. The molecule has 3 aromatic rings. The van der Waals surface area contributed by atoms with E-state index in [2.05, 4.69) is 9.89 Å². The second kappa shape index (κ2) is 7.98. The van der Waals surface area contributed by atoms with Crippen molar-refractivity contribution in [2.45, 2.75) is 13.2 Å². The van der Waals surface area contributed by atoms with Gasteiger partial charge in [-0.1, -0.05) is 29.4 Å². The van der Waals surface area contributed by atoms with Gasteiger partial charge in [0.05, 0.1) is 0 Å². The third-order valence-electron chi connectivity index (χ3n) is 3.59. The summed E-state index contributed by atoms with van der Waals surface area (Å²) < 4.78 is 15.5. The number of carbonyl (C=O) groups excluding carboxylic acids is 2. The van der Waals surface area contributed by atoms with Gasteiger partial charge in [0.25, 0.3) is 0 Å². The maximum absolute atomic E-state index is 10.6. The molecule has 3 rings (SSSR count). The Bertz CT molecular complexity index is 885. The number of hydrogen-bond acceptors (Lipinski definition) is 6. The van der Waals surface area contributed by atoms with E-state index in [-0.39, 0.29) is 6.61 Å². The van der Waals surface area contributed by atoms with Crippen LogP contribution in [0.2, 0.25) is 0 Å². The second-order valence-electron chi connectivity index (χ2n) is 5.46. The smallest absolute Gasteiger partial charge is 0.404 e. The zero-order valence-electron chi connectivity index (χ0n) is 13.8. The second-order valence-corrected chi connectivity index (χ2v) is 5.46. The summed E-state index contributed by atoms with van der Waals surface area (Å²) in [6, 6.07) is 16.2. The molecule has 0 unspecified atom stereocenters. The molecule has 7 nitrogen and oxygen atoms in total. The van der Waals surface area contributed by atoms with Gasteiger partial charge in [0, 0.05) is 17.2 Å². The van der Waals surface area contributed by atoms with Crippen LogP contribution in [0.25, 0.3) is 11.3 Å². The fourth-order valence-electron chi connectivity index (χ4n) is 2.24. The van der Waals surface area contributed by atoms with Crippen molar-refractivity contribution in [2.24, 2.45) is 5.73 Å². The first kappa shape index (κ1) is 17.2. The minimum absolute atomic E-state index is 0.0631. The molecule has 1 amide bonds. The molecule has 1 aromatic heterocycles. The van der Waals surface area contributed by atoms with Crippen LogP contribution < -0.4 is 10.5 Å². The average Bonchev–Trinajstić information content (AvgIpc) is 3.14. The lowest BCUT2D eigenvalue weighted by molar-refractivity contribution is 0.112. The van der Waals surface area contributed by atoms with Gasteiger partial charge in [-0.2, -0.15) is 0 Å². The topological polar surface area (TPSA) is 105 Å². The Labute approximate surface area is 149 Å². The number of rotatable bonds is 7. The molecular formula is C19H16N2O5. The summed E-state index contributed by atoms with van der Waals surface area (Å²) in [5.41, 5.74) is 7.96. The molecule has 0 aliphatic rings. The maximum Gasteiger partial charge on any atom is 0.404 e. The van der Waals surface area contributed by atoms with Gasteiger partial charge < -0.3 is 19.7 Å². The van der Waals surface area contributed by atoms with E-state index >= 15 is 0 Å². The van der Waals surface area contributed by atoms with E-state index in [1.54, 1.807) is 18.2 Å². The molecule has 0 saturated heterocycles. The van der Waals surface area contributed by atoms with Crippen LogP contribution in [-0.4, -0.2) is 17.5 Å². The van der Waals surface area contributed by atoms with Crippen molar-refractivity contribution in [2.75, 3.05) is 0 Å². The number of aromatic nitrogens is 1. The molecule has 0 radical (unpaired) electrons. The minimum atomic E-state index is -0.870. The van der Waals surface area contributed by atoms with Gasteiger partial charge in [0.2, 0.25) is 0 Å². The van der Waals surface area contributed by atoms with Gasteiger partial charge in [-0.25, -0.2) is 4.79 Å². The molecule has 2 N–H and O–H groups in total. The molecular weight excluding hydrogens is 336 g/mol. The zero-order chi connectivity index (χ0) is 18.4. The van der Waals surface area contributed by atoms with Crippen LogP contribution in [-0.2, 0) is 18.0 Å². The first-order valence-electron chi connectivity index (χ1n) is 7.79. The highest BCUT2D eigenvalue weighted by Gasteiger charge is 2.08. The summed E-state index contributed by atoms with van der Waals surface area (Å²) in [6.45, 7) is 0.337. The van der Waals surface area contributed by atoms with Crippen molar-refractivity contribution >= 4 is 12.4 Å². The predicted octanol–water partition coefficient (Wildman–Crippen LogP) is 3.33. The molecule has 0 aliphatic heterocycles. The fraction of sp³-hybridized carbons (Fsp3) is 0.105. The Morgan fingerprint density at radius 1 is 1.08 bits per heavy atom. The molecule has 7 heteroatoms. The molecule has 0 atom stereocenters. The molecule has 1 heterocycles. The Balaban J connectivity index is 1.59. The zero-order valence-corrected chi connectivity index (χ0v) is 13.8. The van der Waals surface area contributed by atoms with Crippen molar-refractivity contribution in [1.29, 1.82) is 0 Å². The largest absolute Gasteiger partial charge is 0.489 e. The normalized spacial score (nSPS) is 10.3. The number of nitrogens with zero attached hydrogens (tertiary/aromatic N) is 1. The molecule has 0 spiro atoms. The number of nitrogens with two attached hydrogens (primary N) is 1. The first-order valence-corrected chi connectivity index (χ1v) is 7.79. The van der Waals surface area contributed by atoms with E-state index in [9.17, 15) is 9.59 Å². The van der Waals surface area contributed by atoms with Gasteiger partial charge in [-0.3, -0.25) is 4.79 Å². The highest BCUT2D eigenvalue weighted by Crippen LogP contribution is 2.23. The van der Waals surface area contributed by atoms with E-state index in [0.717, 1.165) is 17.4 Å². The van der Waals surface area contributed by atoms with Crippen LogP contribution in [0.3, 0.4) is 0 Å². The summed E-state index contributed by atoms with van der Waals surface area (Å²) in [6.07, 6.45) is -0.0659. The highest BCUT2D eigenvalue weighted by molar-refractivity contribution is 5.74. The van der Waals surface area contributed by atoms with Gasteiger partial charge >= 0.3 is 6.09 Å². The van der Waals surface area contributed by atoms with Crippen LogP contribution >= 0.6 is 0 Å². The number of benzene rings is 2. The summed E-state index contributed by atoms with van der Waals surface area (Å²) in [5.74, 6) is 1.10. The number of aldehydes is 1. The SMILES string of the molecule is NC(=O)OCc1cc(-c2ccc(OCc3ccc(C=O)cc3)cc2)no1. The quantitative estimate of drug-likeness (QED) is 0.654. The molecule has 2 aromatic carbocycles. The Morgan fingerprint density at radius 2 is 1.81 bits per heavy atom. The van der Waals surface area contributed by atoms with Crippen LogP contribution in [0.5, 0.6) is 5.75 Å². The lowest BCUT2D eigenvalue weighted by Gasteiger charge is -2.07. The van der Waals surface area contributed by atoms with E-state index < -0.39 is 6.09 Å². The Morgan fingerprint density at radius 3 is 2.46 bits per heavy atom. The predicted molar refractivity (Wildman–Crippen MR) is 92.5 cm³/mol. The summed E-state index contributed by atoms with van der Waals surface area (Å²) in [5, 5.41) is 3.93. The number of amides is 1. The van der Waals surface area contributed by atoms with E-state index in [1.807, 2.05) is 36.4 Å². The van der Waals surface area contributed by atoms with Crippen molar-refractivity contribution in [1.82, 2.24) is 5.16 Å². The molecule has 0 aliphatic carbocycles. The lowest BCUT2D eigenvalue weighted by atomic mass is 10.1. The fourth-order valence-corrected chi connectivity index (χ4v) is 2.24. The maximum atomic E-state index is 10.6. The molecule has 26 heavy (non-hydrogen) atoms. The molecule has 0 saturated carbocycles. The van der Waals surface area contributed by atoms with Crippen molar-refractivity contribution < 1.29 is 23.6 Å². The lowest BCUT2D eigenvalue weighted by Crippen LogP contribution is -2.12. The van der Waals surface area contributed by atoms with Gasteiger partial charge in [-0.15, -0.1) is 0 Å².